The first-order valence-corrected chi connectivity index (χ1v) is 10.5. The summed E-state index contributed by atoms with van der Waals surface area (Å²) in [6, 6.07) is 0. The molecule has 0 unspecified atom stereocenters. The number of halogens is 4. The fraction of sp³-hybridized carbons (Fsp3) is 0.625. The van der Waals surface area contributed by atoms with E-state index in [0.717, 1.165) is 13.8 Å². The molecule has 0 aromatic rings. The molecule has 0 aromatic carbocycles. The van der Waals surface area contributed by atoms with Gasteiger partial charge in [-0.05, 0) is 46.4 Å². The number of rotatable bonds is 7. The molecule has 0 aliphatic carbocycles. The molecule has 178 valence electrons. The molecular formula is C16H18Cl4N4O8. The smallest absolute Gasteiger partial charge is 0.354 e. The summed E-state index contributed by atoms with van der Waals surface area (Å²) in [7, 11) is 0. The van der Waals surface area contributed by atoms with E-state index in [1.807, 2.05) is 0 Å². The monoisotopic (exact) mass is 534 g/mol. The number of hydrogen-bond donors (Lipinski definition) is 0. The Labute approximate surface area is 202 Å². The lowest BCUT2D eigenvalue weighted by molar-refractivity contribution is -0.174. The molecule has 0 radical (unpaired) electrons. The van der Waals surface area contributed by atoms with E-state index in [1.54, 1.807) is 0 Å². The number of alkyl halides is 4. The highest BCUT2D eigenvalue weighted by Crippen LogP contribution is 2.31. The number of ether oxygens (including phenoxy) is 2. The standard InChI is InChI=1S/C16H18Cl4N4O8/c1-9(25)31-15(17,18)23-11(27)5-21(6-12(23)28)3-4-22-7-13(29)24(14(30)8-22)16(19,20)32-10(2)26/h3-8H2,1-2H3. The van der Waals surface area contributed by atoms with Crippen molar-refractivity contribution in [3.63, 3.8) is 0 Å². The molecule has 0 aromatic heterocycles. The molecule has 2 rings (SSSR count). The molecule has 0 bridgehead atoms. The summed E-state index contributed by atoms with van der Waals surface area (Å²) in [6.45, 7) is 1.13. The number of imide groups is 2. The van der Waals surface area contributed by atoms with Gasteiger partial charge in [0, 0.05) is 26.9 Å². The average molecular weight is 536 g/mol. The van der Waals surface area contributed by atoms with Crippen molar-refractivity contribution in [2.75, 3.05) is 39.3 Å². The topological polar surface area (TPSA) is 134 Å². The molecule has 0 N–H and O–H groups in total. The van der Waals surface area contributed by atoms with Crippen molar-refractivity contribution in [2.45, 2.75) is 23.1 Å². The quantitative estimate of drug-likeness (QED) is 0.184. The van der Waals surface area contributed by atoms with Crippen LogP contribution < -0.4 is 0 Å². The van der Waals surface area contributed by atoms with Gasteiger partial charge in [0.05, 0.1) is 26.2 Å². The van der Waals surface area contributed by atoms with E-state index in [1.165, 1.54) is 9.80 Å². The molecule has 2 aliphatic rings. The lowest BCUT2D eigenvalue weighted by atomic mass is 10.2. The maximum atomic E-state index is 12.3. The highest BCUT2D eigenvalue weighted by atomic mass is 35.5. The van der Waals surface area contributed by atoms with Crippen LogP contribution in [0.15, 0.2) is 0 Å². The first kappa shape index (κ1) is 26.6. The zero-order valence-electron chi connectivity index (χ0n) is 16.8. The average Bonchev–Trinajstić information content (AvgIpc) is 2.55. The Kier molecular flexibility index (Phi) is 8.35. The summed E-state index contributed by atoms with van der Waals surface area (Å²) in [5.74, 6) is -5.00. The van der Waals surface area contributed by atoms with Crippen LogP contribution in [-0.4, -0.2) is 104 Å². The summed E-state index contributed by atoms with van der Waals surface area (Å²) in [5, 5.41) is 0. The van der Waals surface area contributed by atoms with Crippen LogP contribution in [0, 0.1) is 0 Å². The van der Waals surface area contributed by atoms with Crippen molar-refractivity contribution in [1.82, 2.24) is 19.6 Å². The minimum atomic E-state index is -2.47. The lowest BCUT2D eigenvalue weighted by Crippen LogP contribution is -2.62. The third-order valence-corrected chi connectivity index (χ3v) is 5.20. The van der Waals surface area contributed by atoms with Gasteiger partial charge in [0.25, 0.3) is 0 Å². The fourth-order valence-electron chi connectivity index (χ4n) is 3.05. The summed E-state index contributed by atoms with van der Waals surface area (Å²) >= 11 is 23.2. The van der Waals surface area contributed by atoms with Crippen LogP contribution in [0.5, 0.6) is 0 Å². The van der Waals surface area contributed by atoms with Gasteiger partial charge in [-0.3, -0.25) is 38.6 Å². The SMILES string of the molecule is CC(=O)OC(Cl)(Cl)N1C(=O)CN(CCN2CC(=O)N(C(Cl)(Cl)OC(C)=O)C(=O)C2)CC1=O. The van der Waals surface area contributed by atoms with Crippen LogP contribution in [0.1, 0.15) is 13.8 Å². The summed E-state index contributed by atoms with van der Waals surface area (Å²) in [4.78, 5) is 75.3. The zero-order chi connectivity index (χ0) is 24.4. The first-order valence-electron chi connectivity index (χ1n) is 8.95. The van der Waals surface area contributed by atoms with E-state index in [9.17, 15) is 28.8 Å². The summed E-state index contributed by atoms with van der Waals surface area (Å²) in [5.41, 5.74) is 0. The molecule has 12 nitrogen and oxygen atoms in total. The Morgan fingerprint density at radius 2 is 0.938 bits per heavy atom. The molecule has 2 heterocycles. The molecule has 0 saturated carbocycles. The normalized spacial score (nSPS) is 19.4. The number of hydrogen-bond acceptors (Lipinski definition) is 10. The molecule has 0 spiro atoms. The van der Waals surface area contributed by atoms with Crippen LogP contribution in [0.2, 0.25) is 0 Å². The third kappa shape index (κ3) is 6.42. The Morgan fingerprint density at radius 1 is 0.688 bits per heavy atom. The maximum Gasteiger partial charge on any atom is 0.354 e. The van der Waals surface area contributed by atoms with E-state index in [4.69, 9.17) is 46.4 Å². The van der Waals surface area contributed by atoms with E-state index in [-0.39, 0.29) is 39.3 Å². The van der Waals surface area contributed by atoms with Crippen LogP contribution in [0.4, 0.5) is 0 Å². The number of piperazine rings is 2. The van der Waals surface area contributed by atoms with Crippen molar-refractivity contribution in [2.24, 2.45) is 0 Å². The van der Waals surface area contributed by atoms with Gasteiger partial charge in [0.1, 0.15) is 0 Å². The van der Waals surface area contributed by atoms with Gasteiger partial charge in [0.15, 0.2) is 0 Å². The predicted octanol–water partition coefficient (Wildman–Crippen LogP) is -0.368. The van der Waals surface area contributed by atoms with E-state index < -0.39 is 44.9 Å². The molecule has 32 heavy (non-hydrogen) atoms. The fourth-order valence-corrected chi connectivity index (χ4v) is 4.24. The van der Waals surface area contributed by atoms with E-state index in [2.05, 4.69) is 9.47 Å². The Hall–Kier alpha value is -1.70. The van der Waals surface area contributed by atoms with Gasteiger partial charge < -0.3 is 9.47 Å². The van der Waals surface area contributed by atoms with Crippen molar-refractivity contribution in [1.29, 1.82) is 0 Å². The van der Waals surface area contributed by atoms with Crippen molar-refractivity contribution < 1.29 is 38.2 Å². The number of carbonyl (C=O) groups excluding carboxylic acids is 6. The second-order valence-corrected chi connectivity index (χ2v) is 9.26. The second-order valence-electron chi connectivity index (χ2n) is 6.83. The van der Waals surface area contributed by atoms with Crippen LogP contribution in [0.3, 0.4) is 0 Å². The minimum Gasteiger partial charge on any atom is -0.410 e. The Morgan fingerprint density at radius 3 is 1.16 bits per heavy atom. The van der Waals surface area contributed by atoms with Gasteiger partial charge in [-0.1, -0.05) is 0 Å². The van der Waals surface area contributed by atoms with E-state index >= 15 is 0 Å². The lowest BCUT2D eigenvalue weighted by Gasteiger charge is -2.39. The number of nitrogens with zero attached hydrogens (tertiary/aromatic N) is 4. The van der Waals surface area contributed by atoms with Gasteiger partial charge in [0.2, 0.25) is 23.6 Å². The summed E-state index contributed by atoms with van der Waals surface area (Å²) < 4.78 is 4.27. The number of esters is 2. The van der Waals surface area contributed by atoms with Crippen molar-refractivity contribution in [3.05, 3.63) is 0 Å². The number of carbonyl (C=O) groups is 6. The highest BCUT2D eigenvalue weighted by Gasteiger charge is 2.48. The van der Waals surface area contributed by atoms with Gasteiger partial charge >= 0.3 is 21.2 Å². The molecule has 4 amide bonds. The zero-order valence-corrected chi connectivity index (χ0v) is 19.8. The van der Waals surface area contributed by atoms with Crippen LogP contribution >= 0.6 is 46.4 Å². The second kappa shape index (κ2) is 10.1. The van der Waals surface area contributed by atoms with Crippen molar-refractivity contribution in [3.8, 4) is 0 Å². The molecular weight excluding hydrogens is 518 g/mol. The van der Waals surface area contributed by atoms with Crippen molar-refractivity contribution >= 4 is 82.0 Å². The molecule has 2 fully saturated rings. The van der Waals surface area contributed by atoms with E-state index in [0.29, 0.717) is 9.80 Å². The largest absolute Gasteiger partial charge is 0.410 e. The third-order valence-electron chi connectivity index (χ3n) is 4.22. The van der Waals surface area contributed by atoms with Crippen LogP contribution in [-0.2, 0) is 38.2 Å². The Bertz CT molecular complexity index is 748. The molecule has 0 atom stereocenters. The molecule has 2 aliphatic heterocycles. The molecule has 2 saturated heterocycles. The Balaban J connectivity index is 1.95. The summed E-state index contributed by atoms with van der Waals surface area (Å²) in [6.07, 6.45) is 0. The number of amides is 4. The minimum absolute atomic E-state index is 0.119. The maximum absolute atomic E-state index is 12.3. The highest BCUT2D eigenvalue weighted by molar-refractivity contribution is 6.49. The van der Waals surface area contributed by atoms with Crippen LogP contribution in [0.25, 0.3) is 0 Å². The van der Waals surface area contributed by atoms with Gasteiger partial charge in [-0.25, -0.2) is 9.80 Å². The van der Waals surface area contributed by atoms with Gasteiger partial charge in [-0.2, -0.15) is 0 Å². The molecule has 16 heteroatoms. The predicted molar refractivity (Wildman–Crippen MR) is 109 cm³/mol. The first-order chi connectivity index (χ1) is 14.6. The van der Waals surface area contributed by atoms with Gasteiger partial charge in [-0.15, -0.1) is 0 Å².